The molecule has 0 aliphatic heterocycles. The Morgan fingerprint density at radius 3 is 2.24 bits per heavy atom. The zero-order valence-corrected chi connectivity index (χ0v) is 22.1. The van der Waals surface area contributed by atoms with Gasteiger partial charge in [0.15, 0.2) is 0 Å². The molecular formula is C27H41F3O3S. The Kier molecular flexibility index (Phi) is 5.44. The van der Waals surface area contributed by atoms with E-state index < -0.39 is 21.0 Å². The van der Waals surface area contributed by atoms with Crippen LogP contribution in [0.2, 0.25) is 0 Å². The van der Waals surface area contributed by atoms with Crippen molar-refractivity contribution in [3.63, 3.8) is 0 Å². The molecule has 0 saturated heterocycles. The topological polar surface area (TPSA) is 43.4 Å². The number of rotatable bonds is 2. The van der Waals surface area contributed by atoms with Crippen LogP contribution in [0, 0.1) is 51.2 Å². The summed E-state index contributed by atoms with van der Waals surface area (Å²) in [6.45, 7) is 11.1. The molecule has 8 atom stereocenters. The number of allylic oxidation sites excluding steroid dienone is 2. The van der Waals surface area contributed by atoms with Gasteiger partial charge in [0.1, 0.15) is 5.76 Å². The van der Waals surface area contributed by atoms with Crippen LogP contribution in [0.3, 0.4) is 0 Å². The maximum atomic E-state index is 13.1. The molecule has 0 aromatic heterocycles. The third-order valence-corrected chi connectivity index (χ3v) is 12.9. The van der Waals surface area contributed by atoms with Gasteiger partial charge in [-0.15, -0.1) is 0 Å². The first kappa shape index (κ1) is 25.0. The predicted molar refractivity (Wildman–Crippen MR) is 126 cm³/mol. The fraction of sp³-hybridized carbons (Fsp3) is 0.926. The summed E-state index contributed by atoms with van der Waals surface area (Å²) in [5, 5.41) is 0. The molecule has 0 bridgehead atoms. The molecule has 0 aromatic rings. The summed E-state index contributed by atoms with van der Waals surface area (Å²) in [7, 11) is -5.66. The van der Waals surface area contributed by atoms with Gasteiger partial charge in [0.25, 0.3) is 0 Å². The van der Waals surface area contributed by atoms with E-state index in [1.54, 1.807) is 6.08 Å². The van der Waals surface area contributed by atoms with E-state index in [0.29, 0.717) is 17.8 Å². The minimum absolute atomic E-state index is 0.0241. The standard InChI is InChI=1S/C27H41F3O3S/c1-23(2)20-11-15-25(4)19-10-14-24(3)13-6-7-18(24)17(19)8-9-21(25)26(20,5)16-12-22(23)33-34(31,32)27(28,29)30/h12,17-21H,6-11,13-16H2,1-5H3/t17-,18-,19?,20?,21?,24-,25+,26+/m1/s1. The van der Waals surface area contributed by atoms with Crippen molar-refractivity contribution in [2.45, 2.75) is 104 Å². The van der Waals surface area contributed by atoms with E-state index in [9.17, 15) is 21.6 Å². The first-order valence-corrected chi connectivity index (χ1v) is 14.7. The summed E-state index contributed by atoms with van der Waals surface area (Å²) in [4.78, 5) is 0. The molecule has 4 saturated carbocycles. The van der Waals surface area contributed by atoms with Gasteiger partial charge in [-0.25, -0.2) is 0 Å². The fourth-order valence-electron chi connectivity index (χ4n) is 10.4. The molecule has 0 aromatic carbocycles. The maximum absolute atomic E-state index is 13.1. The molecule has 0 spiro atoms. The van der Waals surface area contributed by atoms with Crippen molar-refractivity contribution in [1.82, 2.24) is 0 Å². The Morgan fingerprint density at radius 2 is 1.56 bits per heavy atom. The lowest BCUT2D eigenvalue weighted by Gasteiger charge is -2.68. The van der Waals surface area contributed by atoms with Gasteiger partial charge in [0, 0.05) is 5.41 Å². The van der Waals surface area contributed by atoms with E-state index in [1.807, 2.05) is 13.8 Å². The quantitative estimate of drug-likeness (QED) is 0.285. The summed E-state index contributed by atoms with van der Waals surface area (Å²) in [6, 6.07) is 0. The van der Waals surface area contributed by atoms with Crippen LogP contribution in [0.15, 0.2) is 11.8 Å². The van der Waals surface area contributed by atoms with E-state index >= 15 is 0 Å². The van der Waals surface area contributed by atoms with Crippen molar-refractivity contribution < 1.29 is 25.8 Å². The fourth-order valence-corrected chi connectivity index (χ4v) is 11.1. The molecule has 5 rings (SSSR count). The number of halogens is 3. The van der Waals surface area contributed by atoms with Crippen molar-refractivity contribution in [3.8, 4) is 0 Å². The highest BCUT2D eigenvalue weighted by atomic mass is 32.2. The minimum atomic E-state index is -5.66. The van der Waals surface area contributed by atoms with Crippen LogP contribution in [-0.4, -0.2) is 13.9 Å². The first-order valence-electron chi connectivity index (χ1n) is 13.3. The van der Waals surface area contributed by atoms with Crippen molar-refractivity contribution in [1.29, 1.82) is 0 Å². The summed E-state index contributed by atoms with van der Waals surface area (Å²) >= 11 is 0. The second-order valence-electron chi connectivity index (χ2n) is 13.7. The van der Waals surface area contributed by atoms with Crippen molar-refractivity contribution in [2.24, 2.45) is 51.2 Å². The van der Waals surface area contributed by atoms with Gasteiger partial charge in [-0.3, -0.25) is 0 Å². The molecule has 34 heavy (non-hydrogen) atoms. The highest BCUT2D eigenvalue weighted by Gasteiger charge is 2.65. The third kappa shape index (κ3) is 3.30. The lowest BCUT2D eigenvalue weighted by atomic mass is 9.37. The molecule has 5 aliphatic carbocycles. The molecule has 0 amide bonds. The third-order valence-electron chi connectivity index (χ3n) is 11.9. The lowest BCUT2D eigenvalue weighted by molar-refractivity contribution is -0.182. The Morgan fingerprint density at radius 1 is 0.853 bits per heavy atom. The Hall–Kier alpha value is -0.720. The van der Waals surface area contributed by atoms with Crippen LogP contribution < -0.4 is 0 Å². The van der Waals surface area contributed by atoms with E-state index in [1.165, 1.54) is 44.9 Å². The highest BCUT2D eigenvalue weighted by Crippen LogP contribution is 2.72. The van der Waals surface area contributed by atoms with Crippen molar-refractivity contribution >= 4 is 10.1 Å². The van der Waals surface area contributed by atoms with Gasteiger partial charge in [-0.1, -0.05) is 41.0 Å². The minimum Gasteiger partial charge on any atom is -0.380 e. The van der Waals surface area contributed by atoms with E-state index in [-0.39, 0.29) is 22.5 Å². The number of hydrogen-bond donors (Lipinski definition) is 0. The largest absolute Gasteiger partial charge is 0.534 e. The first-order chi connectivity index (χ1) is 15.6. The zero-order valence-electron chi connectivity index (χ0n) is 21.3. The predicted octanol–water partition coefficient (Wildman–Crippen LogP) is 7.83. The van der Waals surface area contributed by atoms with Gasteiger partial charge in [-0.05, 0) is 110 Å². The number of fused-ring (bicyclic) bond motifs is 7. The lowest BCUT2D eigenvalue weighted by Crippen LogP contribution is -2.61. The summed E-state index contributed by atoms with van der Waals surface area (Å²) < 4.78 is 67.6. The van der Waals surface area contributed by atoms with Crippen LogP contribution >= 0.6 is 0 Å². The van der Waals surface area contributed by atoms with Gasteiger partial charge < -0.3 is 4.18 Å². The molecule has 4 fully saturated rings. The molecule has 194 valence electrons. The molecule has 0 N–H and O–H groups in total. The second-order valence-corrected chi connectivity index (χ2v) is 15.2. The summed E-state index contributed by atoms with van der Waals surface area (Å²) in [5.41, 5.74) is -5.47. The molecule has 7 heteroatoms. The number of hydrogen-bond acceptors (Lipinski definition) is 3. The monoisotopic (exact) mass is 502 g/mol. The highest BCUT2D eigenvalue weighted by molar-refractivity contribution is 7.87. The van der Waals surface area contributed by atoms with Crippen LogP contribution in [-0.2, 0) is 14.3 Å². The van der Waals surface area contributed by atoms with E-state index in [0.717, 1.165) is 30.6 Å². The normalized spacial score (nSPS) is 48.1. The van der Waals surface area contributed by atoms with Crippen LogP contribution in [0.4, 0.5) is 13.2 Å². The molecule has 0 radical (unpaired) electrons. The van der Waals surface area contributed by atoms with Crippen molar-refractivity contribution in [3.05, 3.63) is 11.8 Å². The Bertz CT molecular complexity index is 986. The average Bonchev–Trinajstić information content (AvgIpc) is 3.11. The average molecular weight is 503 g/mol. The molecule has 0 heterocycles. The number of alkyl halides is 3. The van der Waals surface area contributed by atoms with E-state index in [2.05, 4.69) is 20.8 Å². The SMILES string of the molecule is CC1(C)C(OS(=O)(=O)C(F)(F)F)=CC[C@@]2(C)C1CC[C@@]1(C)C3CC[C@@]4(C)CCC[C@@H]4[C@H]3CCC12. The second kappa shape index (κ2) is 7.41. The van der Waals surface area contributed by atoms with Gasteiger partial charge >= 0.3 is 15.6 Å². The molecule has 3 nitrogen and oxygen atoms in total. The molecule has 5 aliphatic rings. The van der Waals surface area contributed by atoms with Crippen LogP contribution in [0.1, 0.15) is 98.8 Å². The van der Waals surface area contributed by atoms with Gasteiger partial charge in [0.05, 0.1) is 0 Å². The van der Waals surface area contributed by atoms with Crippen LogP contribution in [0.25, 0.3) is 0 Å². The zero-order chi connectivity index (χ0) is 24.9. The Labute approximate surface area is 203 Å². The summed E-state index contributed by atoms with van der Waals surface area (Å²) in [5.74, 6) is 2.97. The van der Waals surface area contributed by atoms with Gasteiger partial charge in [-0.2, -0.15) is 21.6 Å². The Balaban J connectivity index is 1.46. The van der Waals surface area contributed by atoms with Crippen molar-refractivity contribution in [2.75, 3.05) is 0 Å². The molecular weight excluding hydrogens is 461 g/mol. The van der Waals surface area contributed by atoms with Gasteiger partial charge in [0.2, 0.25) is 0 Å². The molecule has 3 unspecified atom stereocenters. The summed E-state index contributed by atoms with van der Waals surface area (Å²) in [6.07, 6.45) is 13.5. The maximum Gasteiger partial charge on any atom is 0.534 e. The van der Waals surface area contributed by atoms with Crippen LogP contribution in [0.5, 0.6) is 0 Å². The smallest absolute Gasteiger partial charge is 0.380 e. The van der Waals surface area contributed by atoms with E-state index in [4.69, 9.17) is 4.18 Å².